The van der Waals surface area contributed by atoms with Gasteiger partial charge in [-0.3, -0.25) is 4.57 Å². The van der Waals surface area contributed by atoms with E-state index in [9.17, 15) is 9.59 Å². The molecule has 0 fully saturated rings. The molecule has 3 aromatic rings. The molecule has 0 saturated heterocycles. The minimum Gasteiger partial charge on any atom is -0.496 e. The topological polar surface area (TPSA) is 107 Å². The largest absolute Gasteiger partial charge is 0.496 e. The van der Waals surface area contributed by atoms with Crippen LogP contribution in [0.4, 0.5) is 10.5 Å². The van der Waals surface area contributed by atoms with E-state index in [4.69, 9.17) is 21.1 Å². The Kier molecular flexibility index (Phi) is 6.53. The van der Waals surface area contributed by atoms with Gasteiger partial charge in [-0.1, -0.05) is 11.6 Å². The minimum absolute atomic E-state index is 0.162. The lowest BCUT2D eigenvalue weighted by molar-refractivity contribution is 0.0597. The smallest absolute Gasteiger partial charge is 0.341 e. The van der Waals surface area contributed by atoms with Crippen molar-refractivity contribution in [3.8, 4) is 11.6 Å². The molecule has 1 aromatic carbocycles. The van der Waals surface area contributed by atoms with Crippen molar-refractivity contribution in [1.82, 2.24) is 19.9 Å². The van der Waals surface area contributed by atoms with Gasteiger partial charge >= 0.3 is 12.0 Å². The number of urea groups is 1. The Morgan fingerprint density at radius 2 is 1.97 bits per heavy atom. The average molecular weight is 430 g/mol. The number of hydrogen-bond acceptors (Lipinski definition) is 6. The number of pyridine rings is 1. The number of benzene rings is 1. The van der Waals surface area contributed by atoms with E-state index in [0.29, 0.717) is 11.5 Å². The van der Waals surface area contributed by atoms with Crippen LogP contribution < -0.4 is 15.4 Å². The Balaban J connectivity index is 1.68. The number of nitrogens with one attached hydrogen (secondary N) is 2. The van der Waals surface area contributed by atoms with Gasteiger partial charge in [0.15, 0.2) is 0 Å². The zero-order valence-electron chi connectivity index (χ0n) is 16.6. The Bertz CT molecular complexity index is 1080. The third-order valence-corrected chi connectivity index (χ3v) is 4.59. The maximum atomic E-state index is 12.3. The molecule has 2 aromatic heterocycles. The standard InChI is InChI=1S/C20H20ClN5O4/c1-12-22-6-7-26(12)18-8-13(4-5-23-18)11-24-20(28)25-16-10-17(29-2)14(9-15(16)21)19(27)30-3/h4-10H,11H2,1-3H3,(H2,24,25,28). The molecule has 0 bridgehead atoms. The number of aromatic nitrogens is 3. The number of carbonyl (C=O) groups excluding carboxylic acids is 2. The predicted octanol–water partition coefficient (Wildman–Crippen LogP) is 3.35. The van der Waals surface area contributed by atoms with E-state index in [1.165, 1.54) is 26.4 Å². The Morgan fingerprint density at radius 1 is 1.17 bits per heavy atom. The van der Waals surface area contributed by atoms with Crippen molar-refractivity contribution < 1.29 is 19.1 Å². The summed E-state index contributed by atoms with van der Waals surface area (Å²) in [5.74, 6) is 1.16. The zero-order valence-corrected chi connectivity index (χ0v) is 17.4. The maximum absolute atomic E-state index is 12.3. The number of rotatable bonds is 6. The summed E-state index contributed by atoms with van der Waals surface area (Å²) in [6, 6.07) is 6.03. The van der Waals surface area contributed by atoms with Crippen molar-refractivity contribution in [2.24, 2.45) is 0 Å². The fraction of sp³-hybridized carbons (Fsp3) is 0.200. The molecule has 0 aliphatic heterocycles. The van der Waals surface area contributed by atoms with Gasteiger partial charge < -0.3 is 20.1 Å². The van der Waals surface area contributed by atoms with Crippen LogP contribution in [0.3, 0.4) is 0 Å². The van der Waals surface area contributed by atoms with Crippen LogP contribution in [0.1, 0.15) is 21.7 Å². The summed E-state index contributed by atoms with van der Waals surface area (Å²) in [7, 11) is 2.66. The molecule has 3 rings (SSSR count). The van der Waals surface area contributed by atoms with E-state index in [-0.39, 0.29) is 22.9 Å². The number of hydrogen-bond donors (Lipinski definition) is 2. The normalized spacial score (nSPS) is 10.4. The summed E-state index contributed by atoms with van der Waals surface area (Å²) in [6.07, 6.45) is 5.17. The molecule has 10 heteroatoms. The van der Waals surface area contributed by atoms with Crippen LogP contribution in [0.5, 0.6) is 5.75 Å². The number of imidazole rings is 1. The van der Waals surface area contributed by atoms with Crippen LogP contribution >= 0.6 is 11.6 Å². The van der Waals surface area contributed by atoms with Gasteiger partial charge in [0.05, 0.1) is 24.9 Å². The van der Waals surface area contributed by atoms with E-state index in [0.717, 1.165) is 11.4 Å². The van der Waals surface area contributed by atoms with Gasteiger partial charge in [-0.2, -0.15) is 0 Å². The fourth-order valence-corrected chi connectivity index (χ4v) is 2.97. The zero-order chi connectivity index (χ0) is 21.7. The Morgan fingerprint density at radius 3 is 2.63 bits per heavy atom. The lowest BCUT2D eigenvalue weighted by Crippen LogP contribution is -2.28. The third-order valence-electron chi connectivity index (χ3n) is 4.28. The monoisotopic (exact) mass is 429 g/mol. The molecule has 0 saturated carbocycles. The first kappa shape index (κ1) is 21.1. The van der Waals surface area contributed by atoms with Gasteiger partial charge in [0.25, 0.3) is 0 Å². The highest BCUT2D eigenvalue weighted by Gasteiger charge is 2.17. The summed E-state index contributed by atoms with van der Waals surface area (Å²) >= 11 is 6.19. The molecule has 2 heterocycles. The molecule has 0 unspecified atom stereocenters. The Hall–Kier alpha value is -3.59. The molecular formula is C20H20ClN5O4. The summed E-state index contributed by atoms with van der Waals surface area (Å²) in [5, 5.41) is 5.57. The summed E-state index contributed by atoms with van der Waals surface area (Å²) in [6.45, 7) is 2.15. The summed E-state index contributed by atoms with van der Waals surface area (Å²) in [4.78, 5) is 32.6. The molecule has 0 spiro atoms. The summed E-state index contributed by atoms with van der Waals surface area (Å²) in [5.41, 5.74) is 1.31. The number of esters is 1. The number of nitrogens with zero attached hydrogens (tertiary/aromatic N) is 3. The van der Waals surface area contributed by atoms with E-state index < -0.39 is 12.0 Å². The molecule has 30 heavy (non-hydrogen) atoms. The minimum atomic E-state index is -0.591. The predicted molar refractivity (Wildman–Crippen MR) is 111 cm³/mol. The lowest BCUT2D eigenvalue weighted by atomic mass is 10.1. The van der Waals surface area contributed by atoms with E-state index in [1.807, 2.05) is 23.8 Å². The van der Waals surface area contributed by atoms with Gasteiger partial charge in [0.1, 0.15) is 23.0 Å². The highest BCUT2D eigenvalue weighted by molar-refractivity contribution is 6.34. The number of ether oxygens (including phenoxy) is 2. The van der Waals surface area contributed by atoms with E-state index >= 15 is 0 Å². The maximum Gasteiger partial charge on any atom is 0.341 e. The molecule has 2 N–H and O–H groups in total. The van der Waals surface area contributed by atoms with Crippen molar-refractivity contribution in [1.29, 1.82) is 0 Å². The van der Waals surface area contributed by atoms with Crippen LogP contribution in [0.2, 0.25) is 5.02 Å². The van der Waals surface area contributed by atoms with Crippen molar-refractivity contribution in [2.75, 3.05) is 19.5 Å². The second-order valence-corrected chi connectivity index (χ2v) is 6.61. The van der Waals surface area contributed by atoms with Crippen LogP contribution in [0.15, 0.2) is 42.9 Å². The van der Waals surface area contributed by atoms with E-state index in [1.54, 1.807) is 18.5 Å². The first-order valence-corrected chi connectivity index (χ1v) is 9.26. The second kappa shape index (κ2) is 9.27. The van der Waals surface area contributed by atoms with Crippen LogP contribution in [0, 0.1) is 6.92 Å². The van der Waals surface area contributed by atoms with E-state index in [2.05, 4.69) is 20.6 Å². The molecule has 9 nitrogen and oxygen atoms in total. The number of methoxy groups -OCH3 is 2. The van der Waals surface area contributed by atoms with Crippen LogP contribution in [-0.2, 0) is 11.3 Å². The number of amides is 2. The molecular weight excluding hydrogens is 410 g/mol. The SMILES string of the molecule is COC(=O)c1cc(Cl)c(NC(=O)NCc2ccnc(-n3ccnc3C)c2)cc1OC. The van der Waals surface area contributed by atoms with Gasteiger partial charge in [-0.15, -0.1) is 0 Å². The van der Waals surface area contributed by atoms with Crippen molar-refractivity contribution in [3.05, 3.63) is 64.8 Å². The molecule has 156 valence electrons. The van der Waals surface area contributed by atoms with Gasteiger partial charge in [-0.25, -0.2) is 19.6 Å². The van der Waals surface area contributed by atoms with Gasteiger partial charge in [-0.05, 0) is 30.7 Å². The highest BCUT2D eigenvalue weighted by atomic mass is 35.5. The molecule has 0 atom stereocenters. The van der Waals surface area contributed by atoms with Gasteiger partial charge in [0, 0.05) is 31.2 Å². The molecule has 2 amide bonds. The van der Waals surface area contributed by atoms with Crippen molar-refractivity contribution in [3.63, 3.8) is 0 Å². The van der Waals surface area contributed by atoms with Crippen LogP contribution in [0.25, 0.3) is 5.82 Å². The van der Waals surface area contributed by atoms with Crippen molar-refractivity contribution in [2.45, 2.75) is 13.5 Å². The molecule has 0 aliphatic carbocycles. The number of anilines is 1. The molecule has 0 radical (unpaired) electrons. The second-order valence-electron chi connectivity index (χ2n) is 6.20. The lowest BCUT2D eigenvalue weighted by Gasteiger charge is -2.13. The highest BCUT2D eigenvalue weighted by Crippen LogP contribution is 2.31. The number of carbonyl (C=O) groups is 2. The first-order chi connectivity index (χ1) is 14.4. The van der Waals surface area contributed by atoms with Gasteiger partial charge in [0.2, 0.25) is 0 Å². The third kappa shape index (κ3) is 4.69. The molecule has 0 aliphatic rings. The first-order valence-electron chi connectivity index (χ1n) is 8.89. The average Bonchev–Trinajstić information content (AvgIpc) is 3.19. The number of aryl methyl sites for hydroxylation is 1. The van der Waals surface area contributed by atoms with Crippen LogP contribution in [-0.4, -0.2) is 40.8 Å². The summed E-state index contributed by atoms with van der Waals surface area (Å²) < 4.78 is 11.7. The Labute approximate surface area is 178 Å². The van der Waals surface area contributed by atoms with Crippen molar-refractivity contribution >= 4 is 29.3 Å². The number of halogens is 1. The fourth-order valence-electron chi connectivity index (χ4n) is 2.76. The quantitative estimate of drug-likeness (QED) is 0.582.